The highest BCUT2D eigenvalue weighted by Crippen LogP contribution is 2.35. The predicted octanol–water partition coefficient (Wildman–Crippen LogP) is 2.41. The number of nitriles is 1. The molecular weight excluding hydrogens is 286 g/mol. The zero-order valence-corrected chi connectivity index (χ0v) is 12.8. The number of hydrogen-bond donors (Lipinski definition) is 2. The third-order valence-electron chi connectivity index (χ3n) is 3.02. The molecule has 3 N–H and O–H groups in total. The van der Waals surface area contributed by atoms with Gasteiger partial charge in [-0.15, -0.1) is 11.3 Å². The fraction of sp³-hybridized carbons (Fsp3) is 0.357. The summed E-state index contributed by atoms with van der Waals surface area (Å²) in [5, 5.41) is 17.2. The van der Waals surface area contributed by atoms with Crippen molar-refractivity contribution >= 4 is 27.8 Å². The fourth-order valence-electron chi connectivity index (χ4n) is 1.92. The van der Waals surface area contributed by atoms with E-state index in [1.807, 2.05) is 17.8 Å². The molecule has 0 saturated heterocycles. The van der Waals surface area contributed by atoms with Gasteiger partial charge in [0.15, 0.2) is 5.78 Å². The van der Waals surface area contributed by atoms with Crippen molar-refractivity contribution < 1.29 is 4.79 Å². The summed E-state index contributed by atoms with van der Waals surface area (Å²) in [6.07, 6.45) is 4.12. The second kappa shape index (κ2) is 6.41. The van der Waals surface area contributed by atoms with Gasteiger partial charge in [0.2, 0.25) is 0 Å². The van der Waals surface area contributed by atoms with Crippen LogP contribution in [0.2, 0.25) is 0 Å². The van der Waals surface area contributed by atoms with E-state index < -0.39 is 0 Å². The first kappa shape index (κ1) is 15.1. The lowest BCUT2D eigenvalue weighted by Gasteiger charge is -2.04. The first-order valence-corrected chi connectivity index (χ1v) is 7.47. The summed E-state index contributed by atoms with van der Waals surface area (Å²) < 4.78 is 1.82. The van der Waals surface area contributed by atoms with Crippen LogP contribution in [0.1, 0.15) is 34.1 Å². The minimum absolute atomic E-state index is 0.0373. The molecule has 2 heterocycles. The standard InChI is InChI=1S/C14H17N5OS/c1-3-11(20)13-12(16)10(6-15)14(21-13)17-4-5-19-8-9(2)7-18-19/h7-8,17H,3-5,16H2,1-2H3. The van der Waals surface area contributed by atoms with Crippen molar-refractivity contribution in [3.63, 3.8) is 0 Å². The highest BCUT2D eigenvalue weighted by molar-refractivity contribution is 7.19. The number of Topliss-reactive ketones (excluding diaryl/α,β-unsaturated/α-hetero) is 1. The van der Waals surface area contributed by atoms with E-state index >= 15 is 0 Å². The second-order valence-electron chi connectivity index (χ2n) is 4.65. The molecule has 110 valence electrons. The molecule has 21 heavy (non-hydrogen) atoms. The molecule has 0 amide bonds. The van der Waals surface area contributed by atoms with Gasteiger partial charge in [0.05, 0.1) is 23.3 Å². The van der Waals surface area contributed by atoms with Gasteiger partial charge in [-0.2, -0.15) is 10.4 Å². The van der Waals surface area contributed by atoms with Gasteiger partial charge in [-0.1, -0.05) is 6.92 Å². The summed E-state index contributed by atoms with van der Waals surface area (Å²) in [6.45, 7) is 5.04. The smallest absolute Gasteiger partial charge is 0.174 e. The second-order valence-corrected chi connectivity index (χ2v) is 5.67. The van der Waals surface area contributed by atoms with Gasteiger partial charge in [0, 0.05) is 19.2 Å². The Labute approximate surface area is 127 Å². The molecule has 7 heteroatoms. The molecule has 0 bridgehead atoms. The third-order valence-corrected chi connectivity index (χ3v) is 4.22. The van der Waals surface area contributed by atoms with E-state index in [0.717, 1.165) is 5.56 Å². The minimum Gasteiger partial charge on any atom is -0.396 e. The number of nitrogens with one attached hydrogen (secondary N) is 1. The molecule has 0 unspecified atom stereocenters. The lowest BCUT2D eigenvalue weighted by atomic mass is 10.2. The van der Waals surface area contributed by atoms with Gasteiger partial charge in [-0.3, -0.25) is 9.48 Å². The van der Waals surface area contributed by atoms with Crippen LogP contribution in [0, 0.1) is 18.3 Å². The number of nitrogens with zero attached hydrogens (tertiary/aromatic N) is 3. The lowest BCUT2D eigenvalue weighted by Crippen LogP contribution is -2.10. The monoisotopic (exact) mass is 303 g/mol. The Morgan fingerprint density at radius 3 is 2.95 bits per heavy atom. The van der Waals surface area contributed by atoms with Crippen LogP contribution in [-0.4, -0.2) is 22.1 Å². The SMILES string of the molecule is CCC(=O)c1sc(NCCn2cc(C)cn2)c(C#N)c1N. The normalized spacial score (nSPS) is 10.3. The van der Waals surface area contributed by atoms with Crippen molar-refractivity contribution in [1.29, 1.82) is 5.26 Å². The highest BCUT2D eigenvalue weighted by Gasteiger charge is 2.19. The Kier molecular flexibility index (Phi) is 4.60. The highest BCUT2D eigenvalue weighted by atomic mass is 32.1. The molecule has 0 aliphatic rings. The first-order valence-electron chi connectivity index (χ1n) is 6.65. The zero-order valence-electron chi connectivity index (χ0n) is 12.0. The molecular formula is C14H17N5OS. The Morgan fingerprint density at radius 1 is 1.62 bits per heavy atom. The molecule has 0 aliphatic carbocycles. The molecule has 6 nitrogen and oxygen atoms in total. The number of rotatable bonds is 6. The van der Waals surface area contributed by atoms with E-state index in [1.165, 1.54) is 11.3 Å². The number of anilines is 2. The van der Waals surface area contributed by atoms with Gasteiger partial charge >= 0.3 is 0 Å². The molecule has 0 saturated carbocycles. The fourth-order valence-corrected chi connectivity index (χ4v) is 3.03. The van der Waals surface area contributed by atoms with Gasteiger partial charge < -0.3 is 11.1 Å². The maximum Gasteiger partial charge on any atom is 0.174 e. The number of ketones is 1. The molecule has 0 spiro atoms. The number of thiophene rings is 1. The quantitative estimate of drug-likeness (QED) is 0.799. The van der Waals surface area contributed by atoms with Crippen molar-refractivity contribution in [3.05, 3.63) is 28.4 Å². The number of aromatic nitrogens is 2. The molecule has 0 aromatic carbocycles. The first-order chi connectivity index (χ1) is 10.1. The van der Waals surface area contributed by atoms with Crippen molar-refractivity contribution in [2.24, 2.45) is 0 Å². The van der Waals surface area contributed by atoms with Crippen LogP contribution in [-0.2, 0) is 6.54 Å². The maximum absolute atomic E-state index is 11.8. The summed E-state index contributed by atoms with van der Waals surface area (Å²) in [4.78, 5) is 12.3. The molecule has 0 radical (unpaired) electrons. The van der Waals surface area contributed by atoms with Gasteiger partial charge in [0.25, 0.3) is 0 Å². The van der Waals surface area contributed by atoms with Crippen LogP contribution >= 0.6 is 11.3 Å². The Balaban J connectivity index is 2.09. The summed E-state index contributed by atoms with van der Waals surface area (Å²) in [5.41, 5.74) is 7.63. The molecule has 2 rings (SSSR count). The van der Waals surface area contributed by atoms with Gasteiger partial charge in [-0.05, 0) is 12.5 Å². The third kappa shape index (κ3) is 3.23. The molecule has 2 aromatic rings. The predicted molar refractivity (Wildman–Crippen MR) is 83.5 cm³/mol. The topological polar surface area (TPSA) is 96.7 Å². The van der Waals surface area contributed by atoms with Crippen LogP contribution in [0.15, 0.2) is 12.4 Å². The zero-order chi connectivity index (χ0) is 15.4. The van der Waals surface area contributed by atoms with E-state index in [9.17, 15) is 10.1 Å². The van der Waals surface area contributed by atoms with E-state index in [4.69, 9.17) is 5.73 Å². The Morgan fingerprint density at radius 2 is 2.38 bits per heavy atom. The number of aryl methyl sites for hydroxylation is 1. The molecule has 0 fully saturated rings. The number of hydrogen-bond acceptors (Lipinski definition) is 6. The minimum atomic E-state index is -0.0373. The van der Waals surface area contributed by atoms with E-state index in [0.29, 0.717) is 35.0 Å². The van der Waals surface area contributed by atoms with Crippen LogP contribution in [0.25, 0.3) is 0 Å². The number of nitrogen functional groups attached to an aromatic ring is 1. The maximum atomic E-state index is 11.8. The van der Waals surface area contributed by atoms with E-state index in [1.54, 1.807) is 13.1 Å². The largest absolute Gasteiger partial charge is 0.396 e. The van der Waals surface area contributed by atoms with Gasteiger partial charge in [0.1, 0.15) is 16.6 Å². The van der Waals surface area contributed by atoms with Crippen molar-refractivity contribution in [3.8, 4) is 6.07 Å². The van der Waals surface area contributed by atoms with Crippen molar-refractivity contribution in [2.45, 2.75) is 26.8 Å². The average molecular weight is 303 g/mol. The number of carbonyl (C=O) groups is 1. The molecule has 0 aliphatic heterocycles. The van der Waals surface area contributed by atoms with Crippen molar-refractivity contribution in [1.82, 2.24) is 9.78 Å². The summed E-state index contributed by atoms with van der Waals surface area (Å²) in [6, 6.07) is 2.06. The van der Waals surface area contributed by atoms with Gasteiger partial charge in [-0.25, -0.2) is 0 Å². The van der Waals surface area contributed by atoms with Crippen LogP contribution in [0.3, 0.4) is 0 Å². The summed E-state index contributed by atoms with van der Waals surface area (Å²) in [7, 11) is 0. The number of nitrogens with two attached hydrogens (primary N) is 1. The molecule has 2 aromatic heterocycles. The molecule has 0 atom stereocenters. The van der Waals surface area contributed by atoms with Crippen molar-refractivity contribution in [2.75, 3.05) is 17.6 Å². The van der Waals surface area contributed by atoms with E-state index in [2.05, 4.69) is 16.5 Å². The van der Waals surface area contributed by atoms with Crippen LogP contribution < -0.4 is 11.1 Å². The summed E-state index contributed by atoms with van der Waals surface area (Å²) >= 11 is 1.25. The lowest BCUT2D eigenvalue weighted by molar-refractivity contribution is 0.0993. The summed E-state index contributed by atoms with van der Waals surface area (Å²) in [5.74, 6) is -0.0373. The van der Waals surface area contributed by atoms with E-state index in [-0.39, 0.29) is 11.5 Å². The van der Waals surface area contributed by atoms with Crippen LogP contribution in [0.5, 0.6) is 0 Å². The average Bonchev–Trinajstić information content (AvgIpc) is 3.02. The number of carbonyl (C=O) groups excluding carboxylic acids is 1. The van der Waals surface area contributed by atoms with Crippen LogP contribution in [0.4, 0.5) is 10.7 Å². The Bertz CT molecular complexity index is 695. The Hall–Kier alpha value is -2.33.